The maximum atomic E-state index is 5.81. The first-order chi connectivity index (χ1) is 6.06. The Labute approximate surface area is 82.7 Å². The normalized spacial score (nSPS) is 14.1. The van der Waals surface area contributed by atoms with E-state index in [1.807, 2.05) is 0 Å². The zero-order chi connectivity index (χ0) is 10.3. The van der Waals surface area contributed by atoms with Crippen molar-refractivity contribution in [3.63, 3.8) is 0 Å². The van der Waals surface area contributed by atoms with E-state index in [2.05, 4.69) is 39.8 Å². The molecular formula is C12H23N. The standard InChI is InChI=1S/C12H23N/c1-5-12(13)9-11(4)8-6-7-10(2)3/h7,9,12H,5-6,8,13H2,1-4H3. The van der Waals surface area contributed by atoms with Gasteiger partial charge in [0.05, 0.1) is 0 Å². The molecule has 2 N–H and O–H groups in total. The molecule has 0 radical (unpaired) electrons. The van der Waals surface area contributed by atoms with Crippen molar-refractivity contribution in [2.75, 3.05) is 0 Å². The molecule has 0 saturated carbocycles. The molecule has 0 amide bonds. The van der Waals surface area contributed by atoms with Crippen LogP contribution in [0.25, 0.3) is 0 Å². The lowest BCUT2D eigenvalue weighted by atomic mass is 10.1. The summed E-state index contributed by atoms with van der Waals surface area (Å²) in [6.45, 7) is 8.55. The van der Waals surface area contributed by atoms with E-state index in [0.29, 0.717) is 0 Å². The van der Waals surface area contributed by atoms with Crippen LogP contribution in [0.3, 0.4) is 0 Å². The highest BCUT2D eigenvalue weighted by Gasteiger charge is 1.94. The molecule has 1 atom stereocenters. The lowest BCUT2D eigenvalue weighted by Gasteiger charge is -2.04. The Balaban J connectivity index is 3.80. The lowest BCUT2D eigenvalue weighted by molar-refractivity contribution is 0.768. The van der Waals surface area contributed by atoms with Gasteiger partial charge in [-0.3, -0.25) is 0 Å². The van der Waals surface area contributed by atoms with Gasteiger partial charge < -0.3 is 5.73 Å². The molecule has 0 aromatic heterocycles. The second-order valence-electron chi connectivity index (χ2n) is 3.91. The highest BCUT2D eigenvalue weighted by molar-refractivity contribution is 5.05. The second kappa shape index (κ2) is 6.90. The van der Waals surface area contributed by atoms with Gasteiger partial charge in [0.25, 0.3) is 0 Å². The van der Waals surface area contributed by atoms with E-state index in [-0.39, 0.29) is 6.04 Å². The highest BCUT2D eigenvalue weighted by atomic mass is 14.6. The number of hydrogen-bond donors (Lipinski definition) is 1. The molecule has 0 heterocycles. The molecule has 0 aliphatic carbocycles. The SMILES string of the molecule is CCC(N)C=C(C)CCC=C(C)C. The molecule has 0 aliphatic heterocycles. The van der Waals surface area contributed by atoms with Crippen LogP contribution in [0.2, 0.25) is 0 Å². The van der Waals surface area contributed by atoms with Gasteiger partial charge in [0.1, 0.15) is 0 Å². The summed E-state index contributed by atoms with van der Waals surface area (Å²) in [6, 6.07) is 0.242. The fraction of sp³-hybridized carbons (Fsp3) is 0.667. The van der Waals surface area contributed by atoms with Crippen LogP contribution in [0.15, 0.2) is 23.3 Å². The Morgan fingerprint density at radius 1 is 1.31 bits per heavy atom. The van der Waals surface area contributed by atoms with Gasteiger partial charge >= 0.3 is 0 Å². The average molecular weight is 181 g/mol. The first-order valence-electron chi connectivity index (χ1n) is 5.12. The van der Waals surface area contributed by atoms with E-state index >= 15 is 0 Å². The zero-order valence-electron chi connectivity index (χ0n) is 9.43. The van der Waals surface area contributed by atoms with Gasteiger partial charge in [-0.2, -0.15) is 0 Å². The largest absolute Gasteiger partial charge is 0.324 e. The molecular weight excluding hydrogens is 158 g/mol. The third kappa shape index (κ3) is 7.79. The molecule has 1 unspecified atom stereocenters. The highest BCUT2D eigenvalue weighted by Crippen LogP contribution is 2.07. The predicted octanol–water partition coefficient (Wildman–Crippen LogP) is 3.42. The van der Waals surface area contributed by atoms with Gasteiger partial charge in [0, 0.05) is 6.04 Å². The molecule has 1 heteroatoms. The van der Waals surface area contributed by atoms with Crippen LogP contribution in [-0.4, -0.2) is 6.04 Å². The van der Waals surface area contributed by atoms with E-state index in [0.717, 1.165) is 19.3 Å². The van der Waals surface area contributed by atoms with Crippen LogP contribution in [0.5, 0.6) is 0 Å². The molecule has 0 aromatic rings. The Kier molecular flexibility index (Phi) is 6.61. The first kappa shape index (κ1) is 12.4. The van der Waals surface area contributed by atoms with Gasteiger partial charge in [-0.1, -0.05) is 30.2 Å². The minimum absolute atomic E-state index is 0.242. The molecule has 0 bridgehead atoms. The minimum atomic E-state index is 0.242. The monoisotopic (exact) mass is 181 g/mol. The van der Waals surface area contributed by atoms with Crippen LogP contribution in [0.4, 0.5) is 0 Å². The van der Waals surface area contributed by atoms with E-state index in [4.69, 9.17) is 5.73 Å². The predicted molar refractivity (Wildman–Crippen MR) is 60.7 cm³/mol. The molecule has 0 aliphatic rings. The number of hydrogen-bond acceptors (Lipinski definition) is 1. The van der Waals surface area contributed by atoms with Gasteiger partial charge in [0.15, 0.2) is 0 Å². The third-order valence-electron chi connectivity index (χ3n) is 2.06. The molecule has 1 nitrogen and oxygen atoms in total. The van der Waals surface area contributed by atoms with Crippen molar-refractivity contribution in [3.8, 4) is 0 Å². The van der Waals surface area contributed by atoms with Gasteiger partial charge in [-0.25, -0.2) is 0 Å². The third-order valence-corrected chi connectivity index (χ3v) is 2.06. The number of nitrogens with two attached hydrogens (primary N) is 1. The van der Waals surface area contributed by atoms with Crippen molar-refractivity contribution in [3.05, 3.63) is 23.3 Å². The molecule has 0 saturated heterocycles. The van der Waals surface area contributed by atoms with E-state index in [1.54, 1.807) is 0 Å². The van der Waals surface area contributed by atoms with Crippen molar-refractivity contribution in [1.82, 2.24) is 0 Å². The van der Waals surface area contributed by atoms with Crippen molar-refractivity contribution in [2.24, 2.45) is 5.73 Å². The number of allylic oxidation sites excluding steroid dienone is 3. The van der Waals surface area contributed by atoms with Crippen molar-refractivity contribution < 1.29 is 0 Å². The van der Waals surface area contributed by atoms with Crippen LogP contribution in [-0.2, 0) is 0 Å². The summed E-state index contributed by atoms with van der Waals surface area (Å²) < 4.78 is 0. The maximum absolute atomic E-state index is 5.81. The average Bonchev–Trinajstić information content (AvgIpc) is 2.03. The molecule has 0 aromatic carbocycles. The van der Waals surface area contributed by atoms with Crippen LogP contribution in [0.1, 0.15) is 47.0 Å². The molecule has 0 spiro atoms. The first-order valence-corrected chi connectivity index (χ1v) is 5.12. The van der Waals surface area contributed by atoms with Crippen LogP contribution < -0.4 is 5.73 Å². The topological polar surface area (TPSA) is 26.0 Å². The summed E-state index contributed by atoms with van der Waals surface area (Å²) in [5.74, 6) is 0. The molecule has 0 rings (SSSR count). The summed E-state index contributed by atoms with van der Waals surface area (Å²) in [6.07, 6.45) is 7.76. The van der Waals surface area contributed by atoms with Crippen molar-refractivity contribution in [1.29, 1.82) is 0 Å². The van der Waals surface area contributed by atoms with Crippen LogP contribution >= 0.6 is 0 Å². The minimum Gasteiger partial charge on any atom is -0.324 e. The Morgan fingerprint density at radius 3 is 2.38 bits per heavy atom. The Bertz CT molecular complexity index is 185. The maximum Gasteiger partial charge on any atom is 0.0223 e. The quantitative estimate of drug-likeness (QED) is 0.646. The van der Waals surface area contributed by atoms with Gasteiger partial charge in [-0.05, 0) is 40.0 Å². The Morgan fingerprint density at radius 2 is 1.92 bits per heavy atom. The zero-order valence-corrected chi connectivity index (χ0v) is 9.43. The van der Waals surface area contributed by atoms with Crippen LogP contribution in [0, 0.1) is 0 Å². The summed E-state index contributed by atoms with van der Waals surface area (Å²) in [5, 5.41) is 0. The second-order valence-corrected chi connectivity index (χ2v) is 3.91. The van der Waals surface area contributed by atoms with Gasteiger partial charge in [0.2, 0.25) is 0 Å². The molecule has 0 fully saturated rings. The molecule has 13 heavy (non-hydrogen) atoms. The molecule has 76 valence electrons. The smallest absolute Gasteiger partial charge is 0.0223 e. The number of rotatable bonds is 5. The lowest BCUT2D eigenvalue weighted by Crippen LogP contribution is -2.15. The summed E-state index contributed by atoms with van der Waals surface area (Å²) in [5.41, 5.74) is 8.62. The summed E-state index contributed by atoms with van der Waals surface area (Å²) >= 11 is 0. The van der Waals surface area contributed by atoms with E-state index in [9.17, 15) is 0 Å². The fourth-order valence-corrected chi connectivity index (χ4v) is 1.16. The van der Waals surface area contributed by atoms with E-state index < -0.39 is 0 Å². The summed E-state index contributed by atoms with van der Waals surface area (Å²) in [4.78, 5) is 0. The summed E-state index contributed by atoms with van der Waals surface area (Å²) in [7, 11) is 0. The fourth-order valence-electron chi connectivity index (χ4n) is 1.16. The van der Waals surface area contributed by atoms with Crippen molar-refractivity contribution >= 4 is 0 Å². The van der Waals surface area contributed by atoms with Gasteiger partial charge in [-0.15, -0.1) is 0 Å². The van der Waals surface area contributed by atoms with E-state index in [1.165, 1.54) is 11.1 Å². The van der Waals surface area contributed by atoms with Crippen molar-refractivity contribution in [2.45, 2.75) is 53.0 Å². The Hall–Kier alpha value is -0.560.